The lowest BCUT2D eigenvalue weighted by Crippen LogP contribution is -2.54. The molecule has 0 spiro atoms. The van der Waals surface area contributed by atoms with Gasteiger partial charge in [-0.05, 0) is 57.4 Å². The van der Waals surface area contributed by atoms with Crippen molar-refractivity contribution in [1.82, 2.24) is 10.4 Å². The van der Waals surface area contributed by atoms with E-state index in [1.54, 1.807) is 6.07 Å². The van der Waals surface area contributed by atoms with Gasteiger partial charge in [0.1, 0.15) is 0 Å². The second kappa shape index (κ2) is 6.24. The van der Waals surface area contributed by atoms with Crippen LogP contribution in [-0.4, -0.2) is 23.0 Å². The maximum absolute atomic E-state index is 12.4. The van der Waals surface area contributed by atoms with E-state index >= 15 is 0 Å². The van der Waals surface area contributed by atoms with E-state index in [-0.39, 0.29) is 5.91 Å². The molecule has 0 bridgehead atoms. The molecule has 1 fully saturated rings. The zero-order valence-corrected chi connectivity index (χ0v) is 12.4. The van der Waals surface area contributed by atoms with Gasteiger partial charge in [0.05, 0.1) is 0 Å². The number of hydrogen-bond acceptors (Lipinski definition) is 4. The monoisotopic (exact) mass is 276 g/mol. The standard InChI is InChI=1S/C15H24N4O/c1-10-9-13(17-16)7-8-14(10)15(20)18-19-11(2)5-4-6-12(19)3/h7-9,11-12,17H,4-6,16H2,1-3H3,(H,18,20). The van der Waals surface area contributed by atoms with Crippen molar-refractivity contribution < 1.29 is 4.79 Å². The molecule has 0 aromatic heterocycles. The van der Waals surface area contributed by atoms with E-state index in [2.05, 4.69) is 29.7 Å². The van der Waals surface area contributed by atoms with Crippen molar-refractivity contribution in [2.75, 3.05) is 5.43 Å². The fourth-order valence-corrected chi connectivity index (χ4v) is 2.83. The molecule has 2 rings (SSSR count). The number of nitrogens with zero attached hydrogens (tertiary/aromatic N) is 1. The van der Waals surface area contributed by atoms with Crippen LogP contribution >= 0.6 is 0 Å². The number of carbonyl (C=O) groups excluding carboxylic acids is 1. The average molecular weight is 276 g/mol. The molecule has 0 saturated carbocycles. The third-order valence-corrected chi connectivity index (χ3v) is 4.06. The summed E-state index contributed by atoms with van der Waals surface area (Å²) in [4.78, 5) is 12.4. The third-order valence-electron chi connectivity index (χ3n) is 4.06. The lowest BCUT2D eigenvalue weighted by molar-refractivity contribution is 0.0369. The topological polar surface area (TPSA) is 70.4 Å². The first-order valence-electron chi connectivity index (χ1n) is 7.19. The van der Waals surface area contributed by atoms with Crippen molar-refractivity contribution in [3.63, 3.8) is 0 Å². The third kappa shape index (κ3) is 3.11. The Hall–Kier alpha value is -1.59. The van der Waals surface area contributed by atoms with Gasteiger partial charge in [-0.1, -0.05) is 6.42 Å². The molecule has 1 aliphatic heterocycles. The van der Waals surface area contributed by atoms with Crippen LogP contribution in [0.5, 0.6) is 0 Å². The number of rotatable bonds is 3. The molecule has 2 atom stereocenters. The van der Waals surface area contributed by atoms with Crippen LogP contribution in [0.3, 0.4) is 0 Å². The number of hydrogen-bond donors (Lipinski definition) is 3. The van der Waals surface area contributed by atoms with Crippen molar-refractivity contribution in [3.05, 3.63) is 29.3 Å². The number of nitrogen functional groups attached to an aromatic ring is 1. The van der Waals surface area contributed by atoms with Gasteiger partial charge in [0.15, 0.2) is 0 Å². The van der Waals surface area contributed by atoms with Crippen LogP contribution in [0.15, 0.2) is 18.2 Å². The number of piperidine rings is 1. The fourth-order valence-electron chi connectivity index (χ4n) is 2.83. The van der Waals surface area contributed by atoms with Crippen LogP contribution in [0.25, 0.3) is 0 Å². The Morgan fingerprint density at radius 2 is 1.95 bits per heavy atom. The molecule has 1 aromatic rings. The van der Waals surface area contributed by atoms with E-state index in [0.29, 0.717) is 17.6 Å². The Kier molecular flexibility index (Phi) is 4.62. The number of carbonyl (C=O) groups is 1. The van der Waals surface area contributed by atoms with Gasteiger partial charge in [-0.2, -0.15) is 0 Å². The lowest BCUT2D eigenvalue weighted by Gasteiger charge is -2.38. The van der Waals surface area contributed by atoms with Gasteiger partial charge >= 0.3 is 0 Å². The summed E-state index contributed by atoms with van der Waals surface area (Å²) in [5.74, 6) is 5.32. The summed E-state index contributed by atoms with van der Waals surface area (Å²) in [7, 11) is 0. The van der Waals surface area contributed by atoms with E-state index in [9.17, 15) is 4.79 Å². The van der Waals surface area contributed by atoms with Crippen molar-refractivity contribution in [2.45, 2.75) is 52.1 Å². The van der Waals surface area contributed by atoms with Gasteiger partial charge in [0, 0.05) is 23.3 Å². The highest BCUT2D eigenvalue weighted by molar-refractivity contribution is 5.95. The molecule has 4 N–H and O–H groups in total. The van der Waals surface area contributed by atoms with Crippen LogP contribution < -0.4 is 16.7 Å². The van der Waals surface area contributed by atoms with Gasteiger partial charge in [0.25, 0.3) is 5.91 Å². The first kappa shape index (κ1) is 14.8. The largest absolute Gasteiger partial charge is 0.324 e. The Labute approximate surface area is 120 Å². The minimum Gasteiger partial charge on any atom is -0.324 e. The fraction of sp³-hybridized carbons (Fsp3) is 0.533. The Balaban J connectivity index is 2.11. The van der Waals surface area contributed by atoms with E-state index in [1.807, 2.05) is 19.1 Å². The molecular formula is C15H24N4O. The molecule has 1 aliphatic rings. The van der Waals surface area contributed by atoms with Crippen molar-refractivity contribution in [3.8, 4) is 0 Å². The van der Waals surface area contributed by atoms with Gasteiger partial charge in [-0.3, -0.25) is 16.1 Å². The first-order valence-corrected chi connectivity index (χ1v) is 7.19. The number of hydrazine groups is 2. The molecule has 2 unspecified atom stereocenters. The van der Waals surface area contributed by atoms with Gasteiger partial charge in [-0.15, -0.1) is 0 Å². The molecule has 0 radical (unpaired) electrons. The molecule has 5 heteroatoms. The number of amides is 1. The number of anilines is 1. The van der Waals surface area contributed by atoms with E-state index < -0.39 is 0 Å². The highest BCUT2D eigenvalue weighted by Gasteiger charge is 2.26. The van der Waals surface area contributed by atoms with Crippen molar-refractivity contribution in [1.29, 1.82) is 0 Å². The molecule has 1 amide bonds. The van der Waals surface area contributed by atoms with Crippen LogP contribution in [-0.2, 0) is 0 Å². The molecule has 110 valence electrons. The Bertz CT molecular complexity index is 479. The average Bonchev–Trinajstić information content (AvgIpc) is 2.42. The highest BCUT2D eigenvalue weighted by Crippen LogP contribution is 2.21. The van der Waals surface area contributed by atoms with Crippen LogP contribution in [0.4, 0.5) is 5.69 Å². The van der Waals surface area contributed by atoms with Crippen LogP contribution in [0.2, 0.25) is 0 Å². The summed E-state index contributed by atoms with van der Waals surface area (Å²) >= 11 is 0. The second-order valence-corrected chi connectivity index (χ2v) is 5.65. The summed E-state index contributed by atoms with van der Waals surface area (Å²) in [5, 5.41) is 2.08. The molecular weight excluding hydrogens is 252 g/mol. The molecule has 1 saturated heterocycles. The predicted molar refractivity (Wildman–Crippen MR) is 81.1 cm³/mol. The lowest BCUT2D eigenvalue weighted by atomic mass is 9.99. The second-order valence-electron chi connectivity index (χ2n) is 5.65. The molecule has 20 heavy (non-hydrogen) atoms. The minimum atomic E-state index is -0.0494. The Morgan fingerprint density at radius 1 is 1.30 bits per heavy atom. The van der Waals surface area contributed by atoms with Gasteiger partial charge in [-0.25, -0.2) is 5.01 Å². The smallest absolute Gasteiger partial charge is 0.265 e. The van der Waals surface area contributed by atoms with E-state index in [4.69, 9.17) is 5.84 Å². The summed E-state index contributed by atoms with van der Waals surface area (Å²) in [5.41, 5.74) is 8.05. The van der Waals surface area contributed by atoms with Gasteiger partial charge < -0.3 is 5.43 Å². The molecule has 5 nitrogen and oxygen atoms in total. The molecule has 1 heterocycles. The Morgan fingerprint density at radius 3 is 2.50 bits per heavy atom. The minimum absolute atomic E-state index is 0.0494. The normalized spacial score (nSPS) is 23.4. The number of benzene rings is 1. The van der Waals surface area contributed by atoms with Crippen LogP contribution in [0, 0.1) is 6.92 Å². The van der Waals surface area contributed by atoms with E-state index in [0.717, 1.165) is 24.1 Å². The van der Waals surface area contributed by atoms with Crippen molar-refractivity contribution >= 4 is 11.6 Å². The predicted octanol–water partition coefficient (Wildman–Crippen LogP) is 2.19. The summed E-state index contributed by atoms with van der Waals surface area (Å²) in [6, 6.07) is 6.25. The maximum Gasteiger partial charge on any atom is 0.265 e. The highest BCUT2D eigenvalue weighted by atomic mass is 16.2. The summed E-state index contributed by atoms with van der Waals surface area (Å²) in [6.45, 7) is 6.23. The quantitative estimate of drug-likeness (QED) is 0.584. The number of nitrogens with one attached hydrogen (secondary N) is 2. The SMILES string of the molecule is Cc1cc(NN)ccc1C(=O)NN1C(C)CCCC1C. The number of aryl methyl sites for hydroxylation is 1. The zero-order chi connectivity index (χ0) is 14.7. The maximum atomic E-state index is 12.4. The molecule has 0 aliphatic carbocycles. The van der Waals surface area contributed by atoms with Crippen LogP contribution in [0.1, 0.15) is 49.0 Å². The van der Waals surface area contributed by atoms with Crippen molar-refractivity contribution in [2.24, 2.45) is 5.84 Å². The summed E-state index contributed by atoms with van der Waals surface area (Å²) in [6.07, 6.45) is 3.48. The van der Waals surface area contributed by atoms with Gasteiger partial charge in [0.2, 0.25) is 0 Å². The molecule has 1 aromatic carbocycles. The van der Waals surface area contributed by atoms with E-state index in [1.165, 1.54) is 6.42 Å². The summed E-state index contributed by atoms with van der Waals surface area (Å²) < 4.78 is 0. The first-order chi connectivity index (χ1) is 9.52. The zero-order valence-electron chi connectivity index (χ0n) is 12.4. The number of nitrogens with two attached hydrogens (primary N) is 1.